The van der Waals surface area contributed by atoms with Gasteiger partial charge in [0.15, 0.2) is 0 Å². The molecule has 3 heterocycles. The van der Waals surface area contributed by atoms with Gasteiger partial charge in [-0.3, -0.25) is 0 Å². The standard InChI is InChI=1S/C11H12ClN5.3ClH/c12-11-15-4-7(5-16-11)9-6-14-10(17-9)8-2-1-3-13-8;;;/h4-6,8,13H,1-3H2,(H,14,17);3*1H. The van der Waals surface area contributed by atoms with Gasteiger partial charge in [0.25, 0.3) is 0 Å². The zero-order chi connectivity index (χ0) is 11.7. The molecule has 3 rings (SSSR count). The molecule has 0 aliphatic carbocycles. The minimum Gasteiger partial charge on any atom is -0.341 e. The van der Waals surface area contributed by atoms with Gasteiger partial charge in [-0.25, -0.2) is 15.0 Å². The Morgan fingerprint density at radius 1 is 1.05 bits per heavy atom. The molecule has 5 nitrogen and oxygen atoms in total. The van der Waals surface area contributed by atoms with Crippen LogP contribution in [0.15, 0.2) is 18.6 Å². The minimum absolute atomic E-state index is 0. The summed E-state index contributed by atoms with van der Waals surface area (Å²) in [6, 6.07) is 0.344. The number of rotatable bonds is 2. The Kier molecular flexibility index (Phi) is 8.39. The van der Waals surface area contributed by atoms with Gasteiger partial charge in [-0.05, 0) is 31.0 Å². The monoisotopic (exact) mass is 357 g/mol. The molecule has 0 aromatic carbocycles. The number of hydrogen-bond acceptors (Lipinski definition) is 4. The number of nitrogens with one attached hydrogen (secondary N) is 2. The number of aromatic amines is 1. The van der Waals surface area contributed by atoms with Gasteiger partial charge >= 0.3 is 0 Å². The van der Waals surface area contributed by atoms with Crippen molar-refractivity contribution in [2.45, 2.75) is 18.9 Å². The van der Waals surface area contributed by atoms with Crippen LogP contribution in [0.25, 0.3) is 11.3 Å². The van der Waals surface area contributed by atoms with Gasteiger partial charge in [0.1, 0.15) is 5.82 Å². The van der Waals surface area contributed by atoms with E-state index >= 15 is 0 Å². The van der Waals surface area contributed by atoms with E-state index in [1.165, 1.54) is 6.42 Å². The Labute approximate surface area is 140 Å². The minimum atomic E-state index is 0. The molecule has 2 aromatic rings. The molecule has 9 heteroatoms. The lowest BCUT2D eigenvalue weighted by Gasteiger charge is -2.05. The molecule has 0 radical (unpaired) electrons. The highest BCUT2D eigenvalue weighted by Crippen LogP contribution is 2.23. The molecule has 1 atom stereocenters. The Morgan fingerprint density at radius 3 is 2.35 bits per heavy atom. The highest BCUT2D eigenvalue weighted by molar-refractivity contribution is 6.28. The molecular weight excluding hydrogens is 344 g/mol. The fourth-order valence-corrected chi connectivity index (χ4v) is 2.13. The van der Waals surface area contributed by atoms with Crippen LogP contribution in [0.2, 0.25) is 5.28 Å². The van der Waals surface area contributed by atoms with Crippen LogP contribution < -0.4 is 5.32 Å². The zero-order valence-corrected chi connectivity index (χ0v) is 13.6. The molecule has 1 unspecified atom stereocenters. The SMILES string of the molecule is Cl.Cl.Cl.Clc1ncc(-c2cnc(C3CCCN3)[nH]2)cn1. The maximum Gasteiger partial charge on any atom is 0.222 e. The number of aromatic nitrogens is 4. The average molecular weight is 359 g/mol. The molecule has 2 aromatic heterocycles. The zero-order valence-electron chi connectivity index (χ0n) is 10.4. The lowest BCUT2D eigenvalue weighted by Crippen LogP contribution is -2.14. The van der Waals surface area contributed by atoms with Crippen molar-refractivity contribution in [2.75, 3.05) is 6.54 Å². The van der Waals surface area contributed by atoms with Gasteiger partial charge in [0.05, 0.1) is 17.9 Å². The predicted molar refractivity (Wildman–Crippen MR) is 86.3 cm³/mol. The van der Waals surface area contributed by atoms with Gasteiger partial charge in [-0.15, -0.1) is 37.2 Å². The lowest BCUT2D eigenvalue weighted by atomic mass is 10.2. The normalized spacial score (nSPS) is 16.8. The molecule has 0 bridgehead atoms. The molecule has 112 valence electrons. The van der Waals surface area contributed by atoms with Crippen molar-refractivity contribution in [3.05, 3.63) is 29.7 Å². The Balaban J connectivity index is 0.00000120. The number of imidazole rings is 1. The van der Waals surface area contributed by atoms with E-state index in [1.54, 1.807) is 12.4 Å². The first kappa shape index (κ1) is 19.4. The van der Waals surface area contributed by atoms with Crippen molar-refractivity contribution in [3.8, 4) is 11.3 Å². The third-order valence-electron chi connectivity index (χ3n) is 2.92. The maximum atomic E-state index is 5.65. The Morgan fingerprint density at radius 2 is 1.75 bits per heavy atom. The van der Waals surface area contributed by atoms with E-state index in [0.717, 1.165) is 30.0 Å². The lowest BCUT2D eigenvalue weighted by molar-refractivity contribution is 0.613. The second-order valence-corrected chi connectivity index (χ2v) is 4.41. The van der Waals surface area contributed by atoms with E-state index < -0.39 is 0 Å². The van der Waals surface area contributed by atoms with E-state index in [9.17, 15) is 0 Å². The molecule has 0 amide bonds. The third-order valence-corrected chi connectivity index (χ3v) is 3.11. The molecule has 1 fully saturated rings. The predicted octanol–water partition coefficient (Wildman–Crippen LogP) is 3.21. The topological polar surface area (TPSA) is 66.5 Å². The molecule has 1 aliphatic heterocycles. The molecular formula is C11H15Cl4N5. The summed E-state index contributed by atoms with van der Waals surface area (Å²) >= 11 is 5.65. The summed E-state index contributed by atoms with van der Waals surface area (Å²) in [6.07, 6.45) is 7.51. The van der Waals surface area contributed by atoms with Crippen LogP contribution in [0.1, 0.15) is 24.7 Å². The van der Waals surface area contributed by atoms with Gasteiger partial charge in [0, 0.05) is 18.0 Å². The van der Waals surface area contributed by atoms with Crippen molar-refractivity contribution in [1.29, 1.82) is 0 Å². The highest BCUT2D eigenvalue weighted by Gasteiger charge is 2.19. The van der Waals surface area contributed by atoms with Crippen LogP contribution >= 0.6 is 48.8 Å². The Hall–Kier alpha value is -0.590. The van der Waals surface area contributed by atoms with Gasteiger partial charge in [-0.2, -0.15) is 0 Å². The number of halogens is 4. The smallest absolute Gasteiger partial charge is 0.222 e. The van der Waals surface area contributed by atoms with E-state index in [1.807, 2.05) is 6.20 Å². The first-order chi connectivity index (χ1) is 8.33. The molecule has 1 saturated heterocycles. The first-order valence-electron chi connectivity index (χ1n) is 5.59. The quantitative estimate of drug-likeness (QED) is 0.809. The van der Waals surface area contributed by atoms with Gasteiger partial charge < -0.3 is 10.3 Å². The third kappa shape index (κ3) is 4.20. The van der Waals surface area contributed by atoms with Gasteiger partial charge in [0.2, 0.25) is 5.28 Å². The summed E-state index contributed by atoms with van der Waals surface area (Å²) in [5.74, 6) is 0.979. The molecule has 2 N–H and O–H groups in total. The van der Waals surface area contributed by atoms with E-state index in [2.05, 4.69) is 25.3 Å². The summed E-state index contributed by atoms with van der Waals surface area (Å²) in [5, 5.41) is 3.66. The fraction of sp³-hybridized carbons (Fsp3) is 0.364. The number of nitrogens with zero attached hydrogens (tertiary/aromatic N) is 3. The van der Waals surface area contributed by atoms with E-state index in [0.29, 0.717) is 6.04 Å². The summed E-state index contributed by atoms with van der Waals surface area (Å²) in [4.78, 5) is 15.6. The Bertz CT molecular complexity index is 510. The summed E-state index contributed by atoms with van der Waals surface area (Å²) in [5.41, 5.74) is 1.82. The second kappa shape index (κ2) is 8.64. The number of H-pyrrole nitrogens is 1. The molecule has 1 aliphatic rings. The maximum absolute atomic E-state index is 5.65. The summed E-state index contributed by atoms with van der Waals surface area (Å²) in [6.45, 7) is 1.06. The molecule has 20 heavy (non-hydrogen) atoms. The fourth-order valence-electron chi connectivity index (χ4n) is 2.03. The van der Waals surface area contributed by atoms with Crippen molar-refractivity contribution in [3.63, 3.8) is 0 Å². The van der Waals surface area contributed by atoms with Crippen LogP contribution in [0.4, 0.5) is 0 Å². The van der Waals surface area contributed by atoms with Crippen LogP contribution in [0.5, 0.6) is 0 Å². The average Bonchev–Trinajstić information content (AvgIpc) is 3.00. The highest BCUT2D eigenvalue weighted by atomic mass is 35.5. The van der Waals surface area contributed by atoms with Crippen LogP contribution in [0.3, 0.4) is 0 Å². The van der Waals surface area contributed by atoms with Crippen molar-refractivity contribution >= 4 is 48.8 Å². The molecule has 0 saturated carbocycles. The first-order valence-corrected chi connectivity index (χ1v) is 5.97. The van der Waals surface area contributed by atoms with Gasteiger partial charge in [-0.1, -0.05) is 0 Å². The van der Waals surface area contributed by atoms with Crippen LogP contribution in [-0.2, 0) is 0 Å². The van der Waals surface area contributed by atoms with Crippen molar-refractivity contribution in [1.82, 2.24) is 25.3 Å². The number of hydrogen-bond donors (Lipinski definition) is 2. The van der Waals surface area contributed by atoms with E-state index in [4.69, 9.17) is 11.6 Å². The van der Waals surface area contributed by atoms with E-state index in [-0.39, 0.29) is 42.5 Å². The largest absolute Gasteiger partial charge is 0.341 e. The molecule has 0 spiro atoms. The van der Waals surface area contributed by atoms with Crippen LogP contribution in [0, 0.1) is 0 Å². The van der Waals surface area contributed by atoms with Crippen LogP contribution in [-0.4, -0.2) is 26.5 Å². The second-order valence-electron chi connectivity index (χ2n) is 4.07. The van der Waals surface area contributed by atoms with Crippen molar-refractivity contribution < 1.29 is 0 Å². The van der Waals surface area contributed by atoms with Crippen molar-refractivity contribution in [2.24, 2.45) is 0 Å². The summed E-state index contributed by atoms with van der Waals surface area (Å²) in [7, 11) is 0. The summed E-state index contributed by atoms with van der Waals surface area (Å²) < 4.78 is 0.